The first-order valence-corrected chi connectivity index (χ1v) is 12.9. The normalized spacial score (nSPS) is 21.7. The Kier molecular flexibility index (Phi) is 6.33. The van der Waals surface area contributed by atoms with Crippen molar-refractivity contribution in [3.63, 3.8) is 0 Å². The molecule has 4 heterocycles. The zero-order valence-electron chi connectivity index (χ0n) is 20.8. The molecule has 0 amide bonds. The summed E-state index contributed by atoms with van der Waals surface area (Å²) in [5.41, 5.74) is 10.1. The highest BCUT2D eigenvalue weighted by Crippen LogP contribution is 2.37. The van der Waals surface area contributed by atoms with E-state index < -0.39 is 0 Å². The van der Waals surface area contributed by atoms with Crippen LogP contribution in [0.2, 0.25) is 0 Å². The first kappa shape index (κ1) is 23.0. The van der Waals surface area contributed by atoms with Crippen LogP contribution in [0.5, 0.6) is 0 Å². The molecule has 188 valence electrons. The maximum atomic E-state index is 6.36. The molecule has 1 aliphatic heterocycles. The van der Waals surface area contributed by atoms with Crippen molar-refractivity contribution in [2.45, 2.75) is 44.3 Å². The number of nitrogen functional groups attached to an aromatic ring is 1. The van der Waals surface area contributed by atoms with E-state index in [1.165, 1.54) is 39.0 Å². The number of rotatable bonds is 6. The molecule has 1 aromatic carbocycles. The number of piperazine rings is 1. The first-order valence-electron chi connectivity index (χ1n) is 12.9. The van der Waals surface area contributed by atoms with Crippen molar-refractivity contribution in [3.8, 4) is 11.3 Å². The molecule has 36 heavy (non-hydrogen) atoms. The second kappa shape index (κ2) is 9.91. The molecule has 0 radical (unpaired) electrons. The number of nitrogens with one attached hydrogen (secondary N) is 1. The van der Waals surface area contributed by atoms with Gasteiger partial charge in [-0.3, -0.25) is 4.90 Å². The Labute approximate surface area is 211 Å². The van der Waals surface area contributed by atoms with Gasteiger partial charge in [-0.15, -0.1) is 0 Å². The van der Waals surface area contributed by atoms with Crippen LogP contribution in [0, 0.1) is 0 Å². The maximum Gasteiger partial charge on any atom is 0.164 e. The summed E-state index contributed by atoms with van der Waals surface area (Å²) >= 11 is 0. The fourth-order valence-electron chi connectivity index (χ4n) is 5.66. The minimum absolute atomic E-state index is 0.327. The number of hydrogen-bond acceptors (Lipinski definition) is 8. The van der Waals surface area contributed by atoms with Gasteiger partial charge in [0, 0.05) is 43.5 Å². The summed E-state index contributed by atoms with van der Waals surface area (Å²) in [6.45, 7) is 5.33. The highest BCUT2D eigenvalue weighted by atomic mass is 16.3. The number of likely N-dealkylation sites (N-methyl/N-ethyl adjacent to an activating group) is 1. The molecule has 1 saturated heterocycles. The minimum Gasteiger partial charge on any atom is -0.467 e. The molecule has 0 unspecified atom stereocenters. The fourth-order valence-corrected chi connectivity index (χ4v) is 5.66. The van der Waals surface area contributed by atoms with Crippen LogP contribution in [0.15, 0.2) is 53.4 Å². The van der Waals surface area contributed by atoms with Crippen molar-refractivity contribution in [1.29, 1.82) is 0 Å². The third kappa shape index (κ3) is 4.56. The summed E-state index contributed by atoms with van der Waals surface area (Å²) < 4.78 is 7.52. The SMILES string of the molecule is CN1CCN(C2CCC(n3nc(-c4ccc(NCc5ccco5)cc4)c4c(N)ncnc43)CC2)CC1. The molecular weight excluding hydrogens is 452 g/mol. The van der Waals surface area contributed by atoms with E-state index in [1.54, 1.807) is 12.6 Å². The molecule has 0 bridgehead atoms. The lowest BCUT2D eigenvalue weighted by Crippen LogP contribution is -2.49. The number of nitrogens with zero attached hydrogens (tertiary/aromatic N) is 6. The van der Waals surface area contributed by atoms with Crippen molar-refractivity contribution >= 4 is 22.5 Å². The molecule has 4 aromatic rings. The molecule has 3 N–H and O–H groups in total. The summed E-state index contributed by atoms with van der Waals surface area (Å²) in [6, 6.07) is 13.1. The van der Waals surface area contributed by atoms with E-state index in [-0.39, 0.29) is 0 Å². The highest BCUT2D eigenvalue weighted by Gasteiger charge is 2.30. The predicted octanol–water partition coefficient (Wildman–Crippen LogP) is 4.01. The van der Waals surface area contributed by atoms with Gasteiger partial charge in [0.25, 0.3) is 0 Å². The monoisotopic (exact) mass is 486 g/mol. The third-order valence-corrected chi connectivity index (χ3v) is 7.79. The standard InChI is InChI=1S/C27H34N8O/c1-33-12-14-34(15-13-33)21-8-10-22(11-9-21)35-27-24(26(28)30-18-31-27)25(32-35)19-4-6-20(7-5-19)29-17-23-3-2-16-36-23/h2-7,16,18,21-22,29H,8-15,17H2,1H3,(H2,28,30,31). The van der Waals surface area contributed by atoms with Crippen LogP contribution < -0.4 is 11.1 Å². The second-order valence-electron chi connectivity index (χ2n) is 10.1. The van der Waals surface area contributed by atoms with Crippen LogP contribution in [-0.4, -0.2) is 68.8 Å². The van der Waals surface area contributed by atoms with E-state index in [2.05, 4.69) is 61.1 Å². The van der Waals surface area contributed by atoms with Gasteiger partial charge in [-0.25, -0.2) is 14.6 Å². The van der Waals surface area contributed by atoms with Crippen LogP contribution >= 0.6 is 0 Å². The molecule has 2 fully saturated rings. The van der Waals surface area contributed by atoms with E-state index in [9.17, 15) is 0 Å². The Morgan fingerprint density at radius 2 is 1.72 bits per heavy atom. The molecule has 3 aromatic heterocycles. The summed E-state index contributed by atoms with van der Waals surface area (Å²) in [4.78, 5) is 14.0. The van der Waals surface area contributed by atoms with Gasteiger partial charge < -0.3 is 20.4 Å². The van der Waals surface area contributed by atoms with Gasteiger partial charge in [-0.05, 0) is 57.0 Å². The second-order valence-corrected chi connectivity index (χ2v) is 10.1. The number of fused-ring (bicyclic) bond motifs is 1. The number of aromatic nitrogens is 4. The van der Waals surface area contributed by atoms with Gasteiger partial charge >= 0.3 is 0 Å². The Morgan fingerprint density at radius 1 is 0.972 bits per heavy atom. The van der Waals surface area contributed by atoms with Crippen molar-refractivity contribution < 1.29 is 4.42 Å². The number of nitrogens with two attached hydrogens (primary N) is 1. The molecular formula is C27H34N8O. The first-order chi connectivity index (χ1) is 17.7. The third-order valence-electron chi connectivity index (χ3n) is 7.79. The van der Waals surface area contributed by atoms with E-state index in [0.29, 0.717) is 24.4 Å². The van der Waals surface area contributed by atoms with Crippen LogP contribution in [0.1, 0.15) is 37.5 Å². The highest BCUT2D eigenvalue weighted by molar-refractivity contribution is 5.98. The molecule has 9 nitrogen and oxygen atoms in total. The molecule has 9 heteroatoms. The average molecular weight is 487 g/mol. The lowest BCUT2D eigenvalue weighted by Gasteiger charge is -2.41. The number of furan rings is 1. The lowest BCUT2D eigenvalue weighted by molar-refractivity contribution is 0.0815. The van der Waals surface area contributed by atoms with Crippen molar-refractivity contribution in [3.05, 3.63) is 54.7 Å². The summed E-state index contributed by atoms with van der Waals surface area (Å²) in [7, 11) is 2.22. The topological polar surface area (TPSA) is 101 Å². The number of anilines is 2. The van der Waals surface area contributed by atoms with Crippen LogP contribution in [0.25, 0.3) is 22.3 Å². The minimum atomic E-state index is 0.327. The zero-order valence-corrected chi connectivity index (χ0v) is 20.8. The van der Waals surface area contributed by atoms with E-state index >= 15 is 0 Å². The van der Waals surface area contributed by atoms with Crippen LogP contribution in [-0.2, 0) is 6.54 Å². The molecule has 6 rings (SSSR count). The summed E-state index contributed by atoms with van der Waals surface area (Å²) in [6.07, 6.45) is 7.84. The Bertz CT molecular complexity index is 1280. The van der Waals surface area contributed by atoms with Gasteiger partial charge in [0.2, 0.25) is 0 Å². The van der Waals surface area contributed by atoms with Gasteiger partial charge in [0.15, 0.2) is 5.65 Å². The van der Waals surface area contributed by atoms with Crippen LogP contribution in [0.4, 0.5) is 11.5 Å². The van der Waals surface area contributed by atoms with Gasteiger partial charge in [-0.1, -0.05) is 12.1 Å². The zero-order chi connectivity index (χ0) is 24.5. The fraction of sp³-hybridized carbons (Fsp3) is 0.444. The van der Waals surface area contributed by atoms with Crippen molar-refractivity contribution in [1.82, 2.24) is 29.5 Å². The Morgan fingerprint density at radius 3 is 2.44 bits per heavy atom. The quantitative estimate of drug-likeness (QED) is 0.422. The largest absolute Gasteiger partial charge is 0.467 e. The molecule has 0 spiro atoms. The predicted molar refractivity (Wildman–Crippen MR) is 142 cm³/mol. The van der Waals surface area contributed by atoms with E-state index in [0.717, 1.165) is 46.6 Å². The molecule has 1 aliphatic carbocycles. The molecule has 1 saturated carbocycles. The summed E-state index contributed by atoms with van der Waals surface area (Å²) in [5, 5.41) is 9.32. The van der Waals surface area contributed by atoms with E-state index in [1.807, 2.05) is 12.1 Å². The lowest BCUT2D eigenvalue weighted by atomic mass is 9.90. The van der Waals surface area contributed by atoms with E-state index in [4.69, 9.17) is 15.2 Å². The van der Waals surface area contributed by atoms with Crippen molar-refractivity contribution in [2.75, 3.05) is 44.3 Å². The number of benzene rings is 1. The van der Waals surface area contributed by atoms with Gasteiger partial charge in [0.1, 0.15) is 23.6 Å². The summed E-state index contributed by atoms with van der Waals surface area (Å²) in [5.74, 6) is 1.38. The Hall–Kier alpha value is -3.43. The Balaban J connectivity index is 1.21. The number of hydrogen-bond donors (Lipinski definition) is 2. The maximum absolute atomic E-state index is 6.36. The van der Waals surface area contributed by atoms with Crippen molar-refractivity contribution in [2.24, 2.45) is 0 Å². The van der Waals surface area contributed by atoms with Gasteiger partial charge in [-0.2, -0.15) is 5.10 Å². The van der Waals surface area contributed by atoms with Gasteiger partial charge in [0.05, 0.1) is 24.2 Å². The molecule has 0 atom stereocenters. The smallest absolute Gasteiger partial charge is 0.164 e. The van der Waals surface area contributed by atoms with Crippen LogP contribution in [0.3, 0.4) is 0 Å². The molecule has 2 aliphatic rings. The average Bonchev–Trinajstić information content (AvgIpc) is 3.57.